The van der Waals surface area contributed by atoms with Gasteiger partial charge < -0.3 is 10.2 Å². The molecule has 1 rings (SSSR count). The van der Waals surface area contributed by atoms with Crippen LogP contribution in [0.4, 0.5) is 0 Å². The maximum atomic E-state index is 10.9. The van der Waals surface area contributed by atoms with Crippen molar-refractivity contribution in [1.82, 2.24) is 10.2 Å². The van der Waals surface area contributed by atoms with Crippen LogP contribution >= 0.6 is 15.9 Å². The zero-order chi connectivity index (χ0) is 12.2. The van der Waals surface area contributed by atoms with E-state index in [4.69, 9.17) is 0 Å². The minimum Gasteiger partial charge on any atom is -0.354 e. The quantitative estimate of drug-likeness (QED) is 0.804. The first-order valence-corrected chi connectivity index (χ1v) is 7.10. The summed E-state index contributed by atoms with van der Waals surface area (Å²) in [4.78, 5) is 13.4. The number of likely N-dealkylation sites (tertiary alicyclic amines) is 1. The molecule has 0 saturated carbocycles. The van der Waals surface area contributed by atoms with E-state index in [1.807, 2.05) is 0 Å². The fraction of sp³-hybridized carbons (Fsp3) is 0.917. The van der Waals surface area contributed by atoms with Gasteiger partial charge in [0.1, 0.15) is 0 Å². The van der Waals surface area contributed by atoms with Crippen LogP contribution in [0.2, 0.25) is 0 Å². The van der Waals surface area contributed by atoms with Gasteiger partial charge >= 0.3 is 0 Å². The number of hydrogen-bond acceptors (Lipinski definition) is 2. The van der Waals surface area contributed by atoms with E-state index >= 15 is 0 Å². The van der Waals surface area contributed by atoms with Crippen molar-refractivity contribution in [3.8, 4) is 0 Å². The van der Waals surface area contributed by atoms with E-state index < -0.39 is 0 Å². The molecule has 1 N–H and O–H groups in total. The molecule has 1 fully saturated rings. The van der Waals surface area contributed by atoms with E-state index in [2.05, 4.69) is 40.0 Å². The molecule has 4 heteroatoms. The third-order valence-corrected chi connectivity index (χ3v) is 4.53. The molecular formula is C12H23BrN2O. The second-order valence-corrected chi connectivity index (χ2v) is 6.11. The molecular weight excluding hydrogens is 268 g/mol. The second kappa shape index (κ2) is 6.01. The molecule has 0 aromatic carbocycles. The molecule has 0 bridgehead atoms. The lowest BCUT2D eigenvalue weighted by Crippen LogP contribution is -2.46. The molecule has 0 unspecified atom stereocenters. The Hall–Kier alpha value is -0.0900. The number of halogens is 1. The molecule has 0 radical (unpaired) electrons. The van der Waals surface area contributed by atoms with Gasteiger partial charge in [0.05, 0.1) is 0 Å². The van der Waals surface area contributed by atoms with Crippen LogP contribution in [0.15, 0.2) is 0 Å². The van der Waals surface area contributed by atoms with E-state index in [1.165, 1.54) is 0 Å². The van der Waals surface area contributed by atoms with Crippen LogP contribution in [-0.2, 0) is 4.79 Å². The summed E-state index contributed by atoms with van der Waals surface area (Å²) in [6.07, 6.45) is 2.16. The number of nitrogens with one attached hydrogen (secondary N) is 1. The second-order valence-electron chi connectivity index (χ2n) is 5.55. The largest absolute Gasteiger partial charge is 0.354 e. The van der Waals surface area contributed by atoms with E-state index in [0.29, 0.717) is 11.5 Å². The van der Waals surface area contributed by atoms with Crippen molar-refractivity contribution in [2.45, 2.75) is 39.7 Å². The minimum absolute atomic E-state index is 0.0965. The van der Waals surface area contributed by atoms with E-state index in [0.717, 1.165) is 37.8 Å². The summed E-state index contributed by atoms with van der Waals surface area (Å²) in [5, 5.41) is 4.04. The van der Waals surface area contributed by atoms with Gasteiger partial charge in [0.2, 0.25) is 5.91 Å². The summed E-state index contributed by atoms with van der Waals surface area (Å²) in [7, 11) is 0. The predicted octanol–water partition coefficient (Wildman–Crippen LogP) is 2.01. The molecule has 0 spiro atoms. The van der Waals surface area contributed by atoms with Crippen molar-refractivity contribution in [2.24, 2.45) is 5.41 Å². The van der Waals surface area contributed by atoms with Crippen molar-refractivity contribution < 1.29 is 4.79 Å². The average molecular weight is 291 g/mol. The molecule has 1 heterocycles. The van der Waals surface area contributed by atoms with Crippen molar-refractivity contribution in [1.29, 1.82) is 0 Å². The number of alkyl halides is 1. The van der Waals surface area contributed by atoms with Crippen LogP contribution in [0.5, 0.6) is 0 Å². The summed E-state index contributed by atoms with van der Waals surface area (Å²) in [5.74, 6) is 0.0965. The van der Waals surface area contributed by atoms with Crippen molar-refractivity contribution in [3.63, 3.8) is 0 Å². The lowest BCUT2D eigenvalue weighted by atomic mass is 9.94. The zero-order valence-electron chi connectivity index (χ0n) is 10.6. The first-order chi connectivity index (χ1) is 7.43. The molecule has 0 aromatic heterocycles. The Labute approximate surface area is 107 Å². The highest BCUT2D eigenvalue weighted by Crippen LogP contribution is 2.22. The first kappa shape index (κ1) is 14.0. The van der Waals surface area contributed by atoms with Crippen molar-refractivity contribution in [2.75, 3.05) is 25.0 Å². The molecule has 94 valence electrons. The molecule has 1 saturated heterocycles. The normalized spacial score (nSPS) is 19.8. The van der Waals surface area contributed by atoms with Gasteiger partial charge in [-0.15, -0.1) is 0 Å². The number of nitrogens with zero attached hydrogens (tertiary/aromatic N) is 1. The third kappa shape index (κ3) is 4.83. The highest BCUT2D eigenvalue weighted by molar-refractivity contribution is 9.09. The SMILES string of the molecule is CC(=O)NC1CCN(CC(C)(C)CBr)CC1. The Morgan fingerprint density at radius 1 is 1.44 bits per heavy atom. The first-order valence-electron chi connectivity index (χ1n) is 5.98. The molecule has 3 nitrogen and oxygen atoms in total. The van der Waals surface area contributed by atoms with Gasteiger partial charge in [0.25, 0.3) is 0 Å². The van der Waals surface area contributed by atoms with Crippen LogP contribution in [0.25, 0.3) is 0 Å². The monoisotopic (exact) mass is 290 g/mol. The summed E-state index contributed by atoms with van der Waals surface area (Å²) in [5.41, 5.74) is 0.334. The number of rotatable bonds is 4. The fourth-order valence-corrected chi connectivity index (χ4v) is 2.35. The maximum Gasteiger partial charge on any atom is 0.217 e. The highest BCUT2D eigenvalue weighted by Gasteiger charge is 2.25. The van der Waals surface area contributed by atoms with Gasteiger partial charge in [0, 0.05) is 37.9 Å². The standard InChI is InChI=1S/C12H23BrN2O/c1-10(16)14-11-4-6-15(7-5-11)9-12(2,3)8-13/h11H,4-9H2,1-3H3,(H,14,16). The van der Waals surface area contributed by atoms with Gasteiger partial charge in [-0.25, -0.2) is 0 Å². The number of carbonyl (C=O) groups is 1. The third-order valence-electron chi connectivity index (χ3n) is 3.01. The van der Waals surface area contributed by atoms with Crippen LogP contribution in [0, 0.1) is 5.41 Å². The maximum absolute atomic E-state index is 10.9. The zero-order valence-corrected chi connectivity index (χ0v) is 12.1. The number of piperidine rings is 1. The molecule has 0 aromatic rings. The van der Waals surface area contributed by atoms with E-state index in [1.54, 1.807) is 6.92 Å². The van der Waals surface area contributed by atoms with Crippen LogP contribution in [0.1, 0.15) is 33.6 Å². The smallest absolute Gasteiger partial charge is 0.217 e. The van der Waals surface area contributed by atoms with Crippen LogP contribution in [-0.4, -0.2) is 41.8 Å². The van der Waals surface area contributed by atoms with Crippen molar-refractivity contribution in [3.05, 3.63) is 0 Å². The Balaban J connectivity index is 2.29. The van der Waals surface area contributed by atoms with Gasteiger partial charge in [-0.3, -0.25) is 4.79 Å². The van der Waals surface area contributed by atoms with Crippen molar-refractivity contribution >= 4 is 21.8 Å². The Bertz CT molecular complexity index is 235. The summed E-state index contributed by atoms with van der Waals surface area (Å²) in [6.45, 7) is 9.48. The molecule has 1 aliphatic rings. The molecule has 16 heavy (non-hydrogen) atoms. The predicted molar refractivity (Wildman–Crippen MR) is 70.9 cm³/mol. The topological polar surface area (TPSA) is 32.3 Å². The van der Waals surface area contributed by atoms with E-state index in [9.17, 15) is 4.79 Å². The number of carbonyl (C=O) groups excluding carboxylic acids is 1. The van der Waals surface area contributed by atoms with Gasteiger partial charge in [-0.2, -0.15) is 0 Å². The molecule has 0 atom stereocenters. The summed E-state index contributed by atoms with van der Waals surface area (Å²) >= 11 is 3.56. The number of hydrogen-bond donors (Lipinski definition) is 1. The Morgan fingerprint density at radius 2 is 2.00 bits per heavy atom. The van der Waals surface area contributed by atoms with Gasteiger partial charge in [-0.05, 0) is 18.3 Å². The van der Waals surface area contributed by atoms with Gasteiger partial charge in [0.15, 0.2) is 0 Å². The van der Waals surface area contributed by atoms with Crippen LogP contribution < -0.4 is 5.32 Å². The highest BCUT2D eigenvalue weighted by atomic mass is 79.9. The fourth-order valence-electron chi connectivity index (χ4n) is 2.17. The van der Waals surface area contributed by atoms with Gasteiger partial charge in [-0.1, -0.05) is 29.8 Å². The van der Waals surface area contributed by atoms with Crippen LogP contribution in [0.3, 0.4) is 0 Å². The summed E-state index contributed by atoms with van der Waals surface area (Å²) < 4.78 is 0. The number of amides is 1. The average Bonchev–Trinajstić information content (AvgIpc) is 2.20. The lowest BCUT2D eigenvalue weighted by Gasteiger charge is -2.36. The summed E-state index contributed by atoms with van der Waals surface area (Å²) in [6, 6.07) is 0.390. The van der Waals surface area contributed by atoms with E-state index in [-0.39, 0.29) is 5.91 Å². The minimum atomic E-state index is 0.0965. The molecule has 0 aliphatic carbocycles. The molecule has 1 amide bonds. The Kier molecular flexibility index (Phi) is 5.25. The molecule has 1 aliphatic heterocycles. The lowest BCUT2D eigenvalue weighted by molar-refractivity contribution is -0.120. The Morgan fingerprint density at radius 3 is 2.44 bits per heavy atom.